The maximum absolute atomic E-state index is 4.72. The first kappa shape index (κ1) is 12.7. The van der Waals surface area contributed by atoms with Crippen LogP contribution in [0.2, 0.25) is 0 Å². The van der Waals surface area contributed by atoms with Crippen LogP contribution in [0, 0.1) is 0 Å². The van der Waals surface area contributed by atoms with Gasteiger partial charge in [0.2, 0.25) is 0 Å². The Morgan fingerprint density at radius 2 is 1.55 bits per heavy atom. The maximum Gasteiger partial charge on any atom is 0.144 e. The molecule has 5 heteroatoms. The van der Waals surface area contributed by atoms with Gasteiger partial charge in [-0.3, -0.25) is 9.97 Å². The molecule has 0 spiro atoms. The van der Waals surface area contributed by atoms with Gasteiger partial charge in [-0.05, 0) is 24.3 Å². The average Bonchev–Trinajstić information content (AvgIpc) is 2.94. The lowest BCUT2D eigenvalue weighted by molar-refractivity contribution is 1.14. The van der Waals surface area contributed by atoms with Crippen molar-refractivity contribution in [3.8, 4) is 22.1 Å². The third-order valence-corrected chi connectivity index (χ3v) is 4.05. The predicted octanol–water partition coefficient (Wildman–Crippen LogP) is 3.33. The molecule has 3 heterocycles. The normalized spacial score (nSPS) is 10.5. The lowest BCUT2D eigenvalue weighted by Crippen LogP contribution is -2.08. The van der Waals surface area contributed by atoms with Crippen LogP contribution in [-0.2, 0) is 0 Å². The molecule has 0 amide bonds. The van der Waals surface area contributed by atoms with Crippen LogP contribution in [0.5, 0.6) is 0 Å². The number of thiazole rings is 1. The third-order valence-electron chi connectivity index (χ3n) is 2.81. The molecule has 0 atom stereocenters. The first-order valence-corrected chi connectivity index (χ1v) is 7.08. The first-order chi connectivity index (χ1) is 9.75. The Kier molecular flexibility index (Phi) is 3.43. The Morgan fingerprint density at radius 3 is 2.10 bits per heavy atom. The van der Waals surface area contributed by atoms with Crippen molar-refractivity contribution in [2.45, 2.75) is 0 Å². The Hall–Kier alpha value is -2.27. The van der Waals surface area contributed by atoms with E-state index in [9.17, 15) is 0 Å². The maximum atomic E-state index is 4.72. The zero-order valence-corrected chi connectivity index (χ0v) is 12.1. The summed E-state index contributed by atoms with van der Waals surface area (Å²) in [6, 6.07) is 11.7. The summed E-state index contributed by atoms with van der Waals surface area (Å²) in [6.07, 6.45) is 3.57. The fraction of sp³-hybridized carbons (Fsp3) is 0.133. The molecule has 3 aromatic rings. The van der Waals surface area contributed by atoms with Crippen LogP contribution >= 0.6 is 11.3 Å². The summed E-state index contributed by atoms with van der Waals surface area (Å²) >= 11 is 1.63. The van der Waals surface area contributed by atoms with Crippen molar-refractivity contribution in [2.24, 2.45) is 0 Å². The van der Waals surface area contributed by atoms with E-state index in [4.69, 9.17) is 4.98 Å². The number of hydrogen-bond donors (Lipinski definition) is 0. The van der Waals surface area contributed by atoms with Crippen LogP contribution in [0.1, 0.15) is 0 Å². The summed E-state index contributed by atoms with van der Waals surface area (Å²) < 4.78 is 0. The zero-order valence-electron chi connectivity index (χ0n) is 11.3. The molecule has 0 fully saturated rings. The SMILES string of the molecule is CN(C)c1sc(-c2ccccn2)nc1-c1ccccn1. The molecule has 0 saturated heterocycles. The molecule has 0 N–H and O–H groups in total. The van der Waals surface area contributed by atoms with E-state index in [2.05, 4.69) is 14.9 Å². The lowest BCUT2D eigenvalue weighted by Gasteiger charge is -2.10. The second-order valence-corrected chi connectivity index (χ2v) is 5.47. The highest BCUT2D eigenvalue weighted by Crippen LogP contribution is 2.37. The quantitative estimate of drug-likeness (QED) is 0.739. The third kappa shape index (κ3) is 2.40. The summed E-state index contributed by atoms with van der Waals surface area (Å²) in [4.78, 5) is 15.5. The molecular weight excluding hydrogens is 268 g/mol. The van der Waals surface area contributed by atoms with E-state index in [0.717, 1.165) is 27.1 Å². The number of anilines is 1. The highest BCUT2D eigenvalue weighted by molar-refractivity contribution is 7.19. The van der Waals surface area contributed by atoms with E-state index in [-0.39, 0.29) is 0 Å². The van der Waals surface area contributed by atoms with Gasteiger partial charge in [0.15, 0.2) is 0 Å². The summed E-state index contributed by atoms with van der Waals surface area (Å²) in [5.41, 5.74) is 2.68. The van der Waals surface area contributed by atoms with Crippen molar-refractivity contribution in [1.82, 2.24) is 15.0 Å². The summed E-state index contributed by atoms with van der Waals surface area (Å²) in [5.74, 6) is 0. The van der Waals surface area contributed by atoms with E-state index in [1.54, 1.807) is 23.7 Å². The number of rotatable bonds is 3. The van der Waals surface area contributed by atoms with Gasteiger partial charge in [-0.2, -0.15) is 0 Å². The molecule has 3 rings (SSSR count). The minimum atomic E-state index is 0.884. The van der Waals surface area contributed by atoms with Crippen LogP contribution in [-0.4, -0.2) is 29.0 Å². The second-order valence-electron chi connectivity index (χ2n) is 4.50. The van der Waals surface area contributed by atoms with Gasteiger partial charge in [-0.1, -0.05) is 23.5 Å². The molecule has 0 saturated carbocycles. The number of aromatic nitrogens is 3. The van der Waals surface area contributed by atoms with Crippen LogP contribution in [0.4, 0.5) is 5.00 Å². The average molecular weight is 282 g/mol. The standard InChI is InChI=1S/C15H14N4S/c1-19(2)15-13(11-7-3-5-9-16-11)18-14(20-15)12-8-4-6-10-17-12/h3-10H,1-2H3. The Morgan fingerprint density at radius 1 is 0.900 bits per heavy atom. The monoisotopic (exact) mass is 282 g/mol. The Labute approximate surface area is 121 Å². The summed E-state index contributed by atoms with van der Waals surface area (Å²) in [6.45, 7) is 0. The fourth-order valence-corrected chi connectivity index (χ4v) is 2.86. The second kappa shape index (κ2) is 5.38. The van der Waals surface area contributed by atoms with E-state index in [1.165, 1.54) is 0 Å². The fourth-order valence-electron chi connectivity index (χ4n) is 1.88. The van der Waals surface area contributed by atoms with Gasteiger partial charge < -0.3 is 4.90 Å². The predicted molar refractivity (Wildman–Crippen MR) is 82.9 cm³/mol. The topological polar surface area (TPSA) is 41.9 Å². The van der Waals surface area contributed by atoms with E-state index < -0.39 is 0 Å². The smallest absolute Gasteiger partial charge is 0.144 e. The highest BCUT2D eigenvalue weighted by Gasteiger charge is 2.16. The zero-order chi connectivity index (χ0) is 13.9. The van der Waals surface area contributed by atoms with Crippen molar-refractivity contribution in [1.29, 1.82) is 0 Å². The molecule has 0 aliphatic rings. The molecular formula is C15H14N4S. The minimum absolute atomic E-state index is 0.884. The Bertz CT molecular complexity index is 692. The van der Waals surface area contributed by atoms with Crippen LogP contribution in [0.25, 0.3) is 22.1 Å². The van der Waals surface area contributed by atoms with E-state index in [0.29, 0.717) is 0 Å². The van der Waals surface area contributed by atoms with Gasteiger partial charge in [0.05, 0.1) is 11.4 Å². The molecule has 100 valence electrons. The van der Waals surface area contributed by atoms with Crippen LogP contribution < -0.4 is 4.90 Å². The molecule has 0 unspecified atom stereocenters. The number of nitrogens with zero attached hydrogens (tertiary/aromatic N) is 4. The lowest BCUT2D eigenvalue weighted by atomic mass is 10.3. The first-order valence-electron chi connectivity index (χ1n) is 6.26. The molecule has 0 radical (unpaired) electrons. The summed E-state index contributed by atoms with van der Waals surface area (Å²) in [5, 5.41) is 2.00. The van der Waals surface area contributed by atoms with Crippen molar-refractivity contribution in [2.75, 3.05) is 19.0 Å². The van der Waals surface area contributed by atoms with Crippen molar-refractivity contribution in [3.63, 3.8) is 0 Å². The molecule has 20 heavy (non-hydrogen) atoms. The van der Waals surface area contributed by atoms with Gasteiger partial charge in [0.1, 0.15) is 15.7 Å². The minimum Gasteiger partial charge on any atom is -0.368 e. The summed E-state index contributed by atoms with van der Waals surface area (Å²) in [7, 11) is 4.03. The van der Waals surface area contributed by atoms with Crippen molar-refractivity contribution < 1.29 is 0 Å². The molecule has 3 aromatic heterocycles. The molecule has 4 nitrogen and oxygen atoms in total. The van der Waals surface area contributed by atoms with Gasteiger partial charge >= 0.3 is 0 Å². The van der Waals surface area contributed by atoms with Gasteiger partial charge in [0.25, 0.3) is 0 Å². The van der Waals surface area contributed by atoms with E-state index in [1.807, 2.05) is 50.5 Å². The van der Waals surface area contributed by atoms with E-state index >= 15 is 0 Å². The largest absolute Gasteiger partial charge is 0.368 e. The molecule has 0 aliphatic carbocycles. The van der Waals surface area contributed by atoms with Crippen LogP contribution in [0.3, 0.4) is 0 Å². The highest BCUT2D eigenvalue weighted by atomic mass is 32.1. The molecule has 0 aromatic carbocycles. The van der Waals surface area contributed by atoms with Gasteiger partial charge in [0, 0.05) is 26.5 Å². The number of hydrogen-bond acceptors (Lipinski definition) is 5. The van der Waals surface area contributed by atoms with Crippen molar-refractivity contribution >= 4 is 16.3 Å². The van der Waals surface area contributed by atoms with Gasteiger partial charge in [-0.15, -0.1) is 0 Å². The van der Waals surface area contributed by atoms with Crippen LogP contribution in [0.15, 0.2) is 48.8 Å². The molecule has 0 bridgehead atoms. The number of pyridine rings is 2. The molecule has 0 aliphatic heterocycles. The Balaban J connectivity index is 2.13. The van der Waals surface area contributed by atoms with Gasteiger partial charge in [-0.25, -0.2) is 4.98 Å². The van der Waals surface area contributed by atoms with Crippen molar-refractivity contribution in [3.05, 3.63) is 48.8 Å².